The molecule has 2 unspecified atom stereocenters. The Morgan fingerprint density at radius 2 is 1.90 bits per heavy atom. The molecule has 2 aliphatic heterocycles. The number of hydrogen-bond donors (Lipinski definition) is 4. The van der Waals surface area contributed by atoms with Crippen molar-refractivity contribution < 1.29 is 37.9 Å². The number of ether oxygens (including phenoxy) is 3. The Bertz CT molecular complexity index is 1400. The Hall–Kier alpha value is -3.23. The first-order valence-electron chi connectivity index (χ1n) is 13.4. The summed E-state index contributed by atoms with van der Waals surface area (Å²) in [6.45, 7) is 2.25. The molecule has 0 radical (unpaired) electrons. The van der Waals surface area contributed by atoms with E-state index >= 15 is 0 Å². The number of nitrogens with one attached hydrogen (secondary N) is 2. The summed E-state index contributed by atoms with van der Waals surface area (Å²) in [5.41, 5.74) is 1.65. The van der Waals surface area contributed by atoms with Crippen LogP contribution in [0.3, 0.4) is 0 Å². The van der Waals surface area contributed by atoms with E-state index in [0.717, 1.165) is 31.2 Å². The van der Waals surface area contributed by atoms with E-state index in [1.165, 1.54) is 12.7 Å². The SMILES string of the molecule is CCCCCCNC(=O)Nc1ncnc2c1ncn2[C@@H]1O[C@H](COP(=O)(O)O)[C@@H]2OC(/C=C/c3ccccc3)OC21. The van der Waals surface area contributed by atoms with Gasteiger partial charge in [0.15, 0.2) is 29.5 Å². The number of urea groups is 1. The zero-order chi connectivity index (χ0) is 28.8. The average molecular weight is 589 g/mol. The summed E-state index contributed by atoms with van der Waals surface area (Å²) in [6, 6.07) is 9.21. The number of phosphoric acid groups is 1. The Kier molecular flexibility index (Phi) is 9.40. The number of fused-ring (bicyclic) bond motifs is 2. The van der Waals surface area contributed by atoms with E-state index in [1.54, 1.807) is 10.6 Å². The van der Waals surface area contributed by atoms with E-state index < -0.39 is 51.3 Å². The second kappa shape index (κ2) is 13.2. The van der Waals surface area contributed by atoms with Crippen LogP contribution in [0.15, 0.2) is 49.1 Å². The Morgan fingerprint density at radius 1 is 1.10 bits per heavy atom. The first-order chi connectivity index (χ1) is 19.8. The van der Waals surface area contributed by atoms with Gasteiger partial charge in [0.2, 0.25) is 0 Å². The summed E-state index contributed by atoms with van der Waals surface area (Å²) in [5, 5.41) is 5.54. The van der Waals surface area contributed by atoms with E-state index in [9.17, 15) is 19.1 Å². The zero-order valence-corrected chi connectivity index (χ0v) is 23.3. The topological polar surface area (TPSA) is 179 Å². The maximum atomic E-state index is 12.4. The van der Waals surface area contributed by atoms with Gasteiger partial charge in [0, 0.05) is 6.54 Å². The number of imidazole rings is 1. The molecular formula is C26H33N6O8P. The number of rotatable bonds is 12. The number of phosphoric ester groups is 1. The van der Waals surface area contributed by atoms with Gasteiger partial charge in [0.25, 0.3) is 0 Å². The van der Waals surface area contributed by atoms with Crippen molar-refractivity contribution in [2.75, 3.05) is 18.5 Å². The lowest BCUT2D eigenvalue weighted by molar-refractivity contribution is -0.132. The van der Waals surface area contributed by atoms with E-state index in [2.05, 4.69) is 32.5 Å². The number of carbonyl (C=O) groups excluding carboxylic acids is 1. The second-order valence-corrected chi connectivity index (χ2v) is 10.9. The number of benzene rings is 1. The molecule has 220 valence electrons. The van der Waals surface area contributed by atoms with Gasteiger partial charge < -0.3 is 29.3 Å². The van der Waals surface area contributed by atoms with Gasteiger partial charge in [-0.25, -0.2) is 24.3 Å². The molecule has 2 amide bonds. The van der Waals surface area contributed by atoms with Crippen molar-refractivity contribution in [1.29, 1.82) is 0 Å². The van der Waals surface area contributed by atoms with Crippen LogP contribution in [0, 0.1) is 0 Å². The number of nitrogens with zero attached hydrogens (tertiary/aromatic N) is 4. The third-order valence-electron chi connectivity index (χ3n) is 6.70. The van der Waals surface area contributed by atoms with Crippen molar-refractivity contribution in [3.63, 3.8) is 0 Å². The molecule has 1 aromatic carbocycles. The van der Waals surface area contributed by atoms with Crippen molar-refractivity contribution in [2.24, 2.45) is 0 Å². The summed E-state index contributed by atoms with van der Waals surface area (Å²) in [4.78, 5) is 43.8. The third-order valence-corrected chi connectivity index (χ3v) is 7.19. The number of aromatic nitrogens is 4. The molecule has 0 bridgehead atoms. The van der Waals surface area contributed by atoms with Gasteiger partial charge in [-0.15, -0.1) is 0 Å². The van der Waals surface area contributed by atoms with Gasteiger partial charge in [-0.1, -0.05) is 62.6 Å². The molecule has 15 heteroatoms. The van der Waals surface area contributed by atoms with Crippen molar-refractivity contribution >= 4 is 36.9 Å². The highest BCUT2D eigenvalue weighted by molar-refractivity contribution is 7.46. The minimum Gasteiger partial charge on any atom is -0.347 e. The second-order valence-electron chi connectivity index (χ2n) is 9.68. The summed E-state index contributed by atoms with van der Waals surface area (Å²) < 4.78 is 36.1. The molecule has 41 heavy (non-hydrogen) atoms. The molecule has 5 atom stereocenters. The van der Waals surface area contributed by atoms with Crippen molar-refractivity contribution in [3.8, 4) is 0 Å². The molecule has 4 heterocycles. The highest BCUT2D eigenvalue weighted by atomic mass is 31.2. The summed E-state index contributed by atoms with van der Waals surface area (Å²) in [7, 11) is -4.75. The largest absolute Gasteiger partial charge is 0.469 e. The maximum absolute atomic E-state index is 12.4. The minimum absolute atomic E-state index is 0.225. The number of anilines is 1. The van der Waals surface area contributed by atoms with E-state index in [4.69, 9.17) is 18.7 Å². The van der Waals surface area contributed by atoms with Gasteiger partial charge in [0.1, 0.15) is 24.6 Å². The minimum atomic E-state index is -4.75. The summed E-state index contributed by atoms with van der Waals surface area (Å²) in [5.74, 6) is 0.225. The fourth-order valence-corrected chi connectivity index (χ4v) is 5.11. The van der Waals surface area contributed by atoms with Crippen molar-refractivity contribution in [1.82, 2.24) is 24.8 Å². The molecule has 5 rings (SSSR count). The molecule has 0 spiro atoms. The lowest BCUT2D eigenvalue weighted by Gasteiger charge is -2.20. The van der Waals surface area contributed by atoms with E-state index in [0.29, 0.717) is 17.7 Å². The first-order valence-corrected chi connectivity index (χ1v) is 15.0. The monoisotopic (exact) mass is 588 g/mol. The van der Waals surface area contributed by atoms with Gasteiger partial charge in [-0.05, 0) is 18.1 Å². The molecule has 3 aromatic rings. The lowest BCUT2D eigenvalue weighted by Crippen LogP contribution is -2.31. The van der Waals surface area contributed by atoms with Crippen molar-refractivity contribution in [3.05, 3.63) is 54.6 Å². The lowest BCUT2D eigenvalue weighted by atomic mass is 10.1. The number of carbonyl (C=O) groups is 1. The number of hydrogen-bond acceptors (Lipinski definition) is 9. The Morgan fingerprint density at radius 3 is 2.68 bits per heavy atom. The van der Waals surface area contributed by atoms with Crippen LogP contribution in [-0.4, -0.2) is 73.1 Å². The quantitative estimate of drug-likeness (QED) is 0.180. The Balaban J connectivity index is 1.33. The van der Waals surface area contributed by atoms with Gasteiger partial charge in [-0.3, -0.25) is 14.4 Å². The molecule has 0 saturated carbocycles. The van der Waals surface area contributed by atoms with Gasteiger partial charge in [-0.2, -0.15) is 0 Å². The highest BCUT2D eigenvalue weighted by Crippen LogP contribution is 2.43. The first kappa shape index (κ1) is 29.3. The zero-order valence-electron chi connectivity index (χ0n) is 22.4. The van der Waals surface area contributed by atoms with Crippen LogP contribution in [0.4, 0.5) is 10.6 Å². The molecule has 4 N–H and O–H groups in total. The number of unbranched alkanes of at least 4 members (excludes halogenated alkanes) is 3. The molecule has 0 aliphatic carbocycles. The fraction of sp³-hybridized carbons (Fsp3) is 0.462. The van der Waals surface area contributed by atoms with Crippen LogP contribution in [0.25, 0.3) is 17.2 Å². The molecule has 14 nitrogen and oxygen atoms in total. The Labute approximate surface area is 236 Å². The predicted octanol–water partition coefficient (Wildman–Crippen LogP) is 3.36. The van der Waals surface area contributed by atoms with Gasteiger partial charge >= 0.3 is 13.9 Å². The molecule has 2 saturated heterocycles. The third kappa shape index (κ3) is 7.35. The average Bonchev–Trinajstić information content (AvgIpc) is 3.65. The summed E-state index contributed by atoms with van der Waals surface area (Å²) >= 11 is 0. The molecule has 2 aromatic heterocycles. The van der Waals surface area contributed by atoms with Crippen LogP contribution in [0.5, 0.6) is 0 Å². The van der Waals surface area contributed by atoms with Crippen LogP contribution >= 0.6 is 7.82 Å². The van der Waals surface area contributed by atoms with Crippen molar-refractivity contribution in [2.45, 2.75) is 63.4 Å². The molecular weight excluding hydrogens is 555 g/mol. The van der Waals surface area contributed by atoms with Crippen LogP contribution < -0.4 is 10.6 Å². The summed E-state index contributed by atoms with van der Waals surface area (Å²) in [6.07, 6.45) is 6.74. The maximum Gasteiger partial charge on any atom is 0.469 e. The fourth-order valence-electron chi connectivity index (χ4n) is 4.77. The standard InChI is InChI=1S/C26H33N6O8P/c1-2-3-4-8-13-27-26(33)31-23-20-24(29-15-28-23)32(16-30-20)25-22-21(18(38-25)14-37-41(34,35)36)39-19(40-22)12-11-17-9-6-5-7-10-17/h5-7,9-12,15-16,18-19,21-22,25H,2-4,8,13-14H2,1H3,(H2,34,35,36)(H2,27,28,29,31,33)/b12-11+/t18-,19?,21+,22?,25-/m1/s1. The van der Waals surface area contributed by atoms with Crippen LogP contribution in [-0.2, 0) is 23.3 Å². The highest BCUT2D eigenvalue weighted by Gasteiger charge is 2.53. The van der Waals surface area contributed by atoms with E-state index in [-0.39, 0.29) is 5.82 Å². The smallest absolute Gasteiger partial charge is 0.347 e. The predicted molar refractivity (Wildman–Crippen MR) is 147 cm³/mol. The molecule has 2 fully saturated rings. The van der Waals surface area contributed by atoms with E-state index in [1.807, 2.05) is 36.4 Å². The molecule has 2 aliphatic rings. The van der Waals surface area contributed by atoms with Crippen LogP contribution in [0.1, 0.15) is 44.4 Å². The normalized spacial score (nSPS) is 24.2. The van der Waals surface area contributed by atoms with Crippen LogP contribution in [0.2, 0.25) is 0 Å². The van der Waals surface area contributed by atoms with Gasteiger partial charge in [0.05, 0.1) is 12.9 Å². The number of amides is 2.